The molecule has 0 aliphatic heterocycles. The van der Waals surface area contributed by atoms with Crippen LogP contribution in [0.1, 0.15) is 61.3 Å². The monoisotopic (exact) mass is 312 g/mol. The lowest BCUT2D eigenvalue weighted by atomic mass is 9.65. The highest BCUT2D eigenvalue weighted by Gasteiger charge is 2.39. The molecule has 0 aromatic heterocycles. The van der Waals surface area contributed by atoms with Crippen molar-refractivity contribution in [2.24, 2.45) is 34.6 Å². The molecule has 21 heavy (non-hydrogen) atoms. The third-order valence-electron chi connectivity index (χ3n) is 4.81. The standard InChI is InChI=1S/C18H36N2S/c1-11(2)15-9-14(7)10-16(12(3)4)17(15)20-18(21-8)19-13(5)6/h11-17H,9-10H2,1-8H3,(H,19,20). The molecule has 124 valence electrons. The molecule has 1 N–H and O–H groups in total. The topological polar surface area (TPSA) is 24.4 Å². The molecule has 1 rings (SSSR count). The van der Waals surface area contributed by atoms with Gasteiger partial charge in [-0.05, 0) is 62.5 Å². The first kappa shape index (κ1) is 18.9. The van der Waals surface area contributed by atoms with E-state index < -0.39 is 0 Å². The summed E-state index contributed by atoms with van der Waals surface area (Å²) in [5.41, 5.74) is 0. The first-order valence-corrected chi connectivity index (χ1v) is 9.87. The Hall–Kier alpha value is -0.180. The second kappa shape index (κ2) is 8.45. The van der Waals surface area contributed by atoms with E-state index in [2.05, 4.69) is 60.0 Å². The minimum atomic E-state index is 0.453. The van der Waals surface area contributed by atoms with E-state index >= 15 is 0 Å². The number of hydrogen-bond donors (Lipinski definition) is 1. The average molecular weight is 313 g/mol. The highest BCUT2D eigenvalue weighted by atomic mass is 32.2. The van der Waals surface area contributed by atoms with Crippen LogP contribution in [0.15, 0.2) is 4.99 Å². The zero-order chi connectivity index (χ0) is 16.2. The molecule has 0 heterocycles. The maximum Gasteiger partial charge on any atom is 0.156 e. The molecule has 0 spiro atoms. The number of rotatable bonds is 4. The van der Waals surface area contributed by atoms with Crippen LogP contribution in [0.5, 0.6) is 0 Å². The van der Waals surface area contributed by atoms with Crippen molar-refractivity contribution in [3.8, 4) is 0 Å². The van der Waals surface area contributed by atoms with Gasteiger partial charge in [0.25, 0.3) is 0 Å². The second-order valence-electron chi connectivity index (χ2n) is 7.82. The quantitative estimate of drug-likeness (QED) is 0.580. The molecule has 0 aromatic rings. The minimum absolute atomic E-state index is 0.453. The van der Waals surface area contributed by atoms with Crippen LogP contribution in [-0.2, 0) is 0 Å². The summed E-state index contributed by atoms with van der Waals surface area (Å²) < 4.78 is 0. The number of nitrogens with one attached hydrogen (secondary N) is 1. The smallest absolute Gasteiger partial charge is 0.156 e. The van der Waals surface area contributed by atoms with E-state index in [0.717, 1.165) is 22.9 Å². The van der Waals surface area contributed by atoms with Crippen LogP contribution in [0.25, 0.3) is 0 Å². The zero-order valence-electron chi connectivity index (χ0n) is 15.3. The van der Waals surface area contributed by atoms with E-state index in [1.165, 1.54) is 12.8 Å². The van der Waals surface area contributed by atoms with Crippen molar-refractivity contribution in [1.82, 2.24) is 5.32 Å². The molecular weight excluding hydrogens is 276 g/mol. The predicted octanol–water partition coefficient (Wildman–Crippen LogP) is 5.05. The fourth-order valence-corrected chi connectivity index (χ4v) is 4.26. The molecule has 0 amide bonds. The maximum atomic E-state index is 5.20. The van der Waals surface area contributed by atoms with Crippen LogP contribution in [-0.4, -0.2) is 23.5 Å². The van der Waals surface area contributed by atoms with Crippen molar-refractivity contribution in [2.75, 3.05) is 6.26 Å². The Morgan fingerprint density at radius 1 is 1.00 bits per heavy atom. The molecule has 2 nitrogen and oxygen atoms in total. The Balaban J connectivity index is 3.05. The van der Waals surface area contributed by atoms with E-state index in [1.807, 2.05) is 0 Å². The first-order valence-electron chi connectivity index (χ1n) is 8.64. The summed E-state index contributed by atoms with van der Waals surface area (Å²) in [6, 6.07) is 0.934. The molecule has 0 radical (unpaired) electrons. The fraction of sp³-hybridized carbons (Fsp3) is 0.944. The minimum Gasteiger partial charge on any atom is -0.363 e. The highest BCUT2D eigenvalue weighted by Crippen LogP contribution is 2.42. The van der Waals surface area contributed by atoms with Gasteiger partial charge in [-0.3, -0.25) is 4.99 Å². The number of aliphatic imine (C=N–C) groups is 1. The van der Waals surface area contributed by atoms with Gasteiger partial charge in [0.05, 0.1) is 6.04 Å². The van der Waals surface area contributed by atoms with E-state index in [0.29, 0.717) is 23.9 Å². The fourth-order valence-electron chi connectivity index (χ4n) is 3.68. The van der Waals surface area contributed by atoms with Gasteiger partial charge in [-0.2, -0.15) is 0 Å². The van der Waals surface area contributed by atoms with Gasteiger partial charge < -0.3 is 5.32 Å². The lowest BCUT2D eigenvalue weighted by Gasteiger charge is -2.43. The molecule has 1 saturated carbocycles. The largest absolute Gasteiger partial charge is 0.363 e. The van der Waals surface area contributed by atoms with Gasteiger partial charge in [0.2, 0.25) is 0 Å². The van der Waals surface area contributed by atoms with Gasteiger partial charge in [-0.15, -0.1) is 0 Å². The van der Waals surface area contributed by atoms with Gasteiger partial charge in [-0.1, -0.05) is 46.4 Å². The Bertz CT molecular complexity index is 318. The van der Waals surface area contributed by atoms with Crippen molar-refractivity contribution in [3.05, 3.63) is 0 Å². The summed E-state index contributed by atoms with van der Waals surface area (Å²) >= 11 is 1.76. The van der Waals surface area contributed by atoms with Gasteiger partial charge in [0.15, 0.2) is 5.17 Å². The van der Waals surface area contributed by atoms with Crippen LogP contribution in [0, 0.1) is 29.6 Å². The summed E-state index contributed by atoms with van der Waals surface area (Å²) in [5.74, 6) is 3.70. The highest BCUT2D eigenvalue weighted by molar-refractivity contribution is 8.13. The van der Waals surface area contributed by atoms with E-state index in [-0.39, 0.29) is 0 Å². The third kappa shape index (κ3) is 5.50. The van der Waals surface area contributed by atoms with E-state index in [1.54, 1.807) is 11.8 Å². The SMILES string of the molecule is CSC(=NC1C(C(C)C)CC(C)CC1C(C)C)NC(C)C. The molecule has 0 bridgehead atoms. The van der Waals surface area contributed by atoms with Gasteiger partial charge in [-0.25, -0.2) is 0 Å². The lowest BCUT2D eigenvalue weighted by molar-refractivity contribution is 0.106. The normalized spacial score (nSPS) is 31.3. The molecule has 0 aromatic carbocycles. The van der Waals surface area contributed by atoms with E-state index in [4.69, 9.17) is 4.99 Å². The lowest BCUT2D eigenvalue weighted by Crippen LogP contribution is -2.42. The summed E-state index contributed by atoms with van der Waals surface area (Å²) in [7, 11) is 0. The van der Waals surface area contributed by atoms with E-state index in [9.17, 15) is 0 Å². The Labute approximate surface area is 137 Å². The molecule has 1 aliphatic carbocycles. The second-order valence-corrected chi connectivity index (χ2v) is 8.62. The van der Waals surface area contributed by atoms with Gasteiger partial charge in [0.1, 0.15) is 0 Å². The summed E-state index contributed by atoms with van der Waals surface area (Å²) in [5, 5.41) is 4.65. The molecule has 1 aliphatic rings. The number of nitrogens with zero attached hydrogens (tertiary/aromatic N) is 1. The third-order valence-corrected chi connectivity index (χ3v) is 5.42. The van der Waals surface area contributed by atoms with Crippen LogP contribution >= 0.6 is 11.8 Å². The molecular formula is C18H36N2S. The zero-order valence-corrected chi connectivity index (χ0v) is 16.1. The Morgan fingerprint density at radius 3 is 1.81 bits per heavy atom. The van der Waals surface area contributed by atoms with Crippen LogP contribution in [0.2, 0.25) is 0 Å². The number of hydrogen-bond acceptors (Lipinski definition) is 2. The van der Waals surface area contributed by atoms with Crippen LogP contribution < -0.4 is 5.32 Å². The summed E-state index contributed by atoms with van der Waals surface area (Å²) in [6.45, 7) is 16.3. The van der Waals surface area contributed by atoms with Crippen molar-refractivity contribution in [1.29, 1.82) is 0 Å². The maximum absolute atomic E-state index is 5.20. The average Bonchev–Trinajstić information content (AvgIpc) is 2.38. The van der Waals surface area contributed by atoms with Crippen molar-refractivity contribution < 1.29 is 0 Å². The molecule has 2 unspecified atom stereocenters. The van der Waals surface area contributed by atoms with Gasteiger partial charge >= 0.3 is 0 Å². The Kier molecular flexibility index (Phi) is 7.59. The molecule has 1 fully saturated rings. The number of thioether (sulfide) groups is 1. The molecule has 0 saturated heterocycles. The predicted molar refractivity (Wildman–Crippen MR) is 98.1 cm³/mol. The first-order chi connectivity index (χ1) is 9.76. The van der Waals surface area contributed by atoms with Crippen molar-refractivity contribution in [3.63, 3.8) is 0 Å². The number of amidine groups is 1. The summed E-state index contributed by atoms with van der Waals surface area (Å²) in [4.78, 5) is 5.20. The summed E-state index contributed by atoms with van der Waals surface area (Å²) in [6.07, 6.45) is 4.80. The van der Waals surface area contributed by atoms with Crippen LogP contribution in [0.4, 0.5) is 0 Å². The van der Waals surface area contributed by atoms with Gasteiger partial charge in [0, 0.05) is 6.04 Å². The van der Waals surface area contributed by atoms with Crippen molar-refractivity contribution in [2.45, 2.75) is 73.4 Å². The van der Waals surface area contributed by atoms with Crippen LogP contribution in [0.3, 0.4) is 0 Å². The molecule has 2 atom stereocenters. The molecule has 3 heteroatoms. The van der Waals surface area contributed by atoms with Crippen molar-refractivity contribution >= 4 is 16.9 Å². The Morgan fingerprint density at radius 2 is 1.48 bits per heavy atom.